The van der Waals surface area contributed by atoms with E-state index in [1.54, 1.807) is 79.9 Å². The average molecular weight is 1870 g/mol. The number of fused-ring (bicyclic) bond motifs is 6. The van der Waals surface area contributed by atoms with E-state index in [1.807, 2.05) is 200 Å². The first-order valence-corrected chi connectivity index (χ1v) is 44.3. The molecule has 6 aliphatic heterocycles. The summed E-state index contributed by atoms with van der Waals surface area (Å²) in [6.45, 7) is 66.3. The van der Waals surface area contributed by atoms with Crippen LogP contribution in [0.5, 0.6) is 80.8 Å². The summed E-state index contributed by atoms with van der Waals surface area (Å²) in [6.07, 6.45) is 1.72. The number of hydrogen-bond donors (Lipinski definition) is 1. The highest BCUT2D eigenvalue weighted by molar-refractivity contribution is 6.69. The number of carbonyl (C=O) groups is 1. The highest BCUT2D eigenvalue weighted by Gasteiger charge is 2.30. The number of aliphatic hydroxyl groups is 1. The third-order valence-electron chi connectivity index (χ3n) is 22.8. The van der Waals surface area contributed by atoms with E-state index in [2.05, 4.69) is 69.8 Å². The Morgan fingerprint density at radius 3 is 1.09 bits per heavy atom. The minimum absolute atomic E-state index is 0. The Morgan fingerprint density at radius 2 is 0.741 bits per heavy atom. The number of carbonyl (C=O) groups excluding carboxylic acids is 1. The molecule has 0 amide bonds. The van der Waals surface area contributed by atoms with Crippen LogP contribution in [0.3, 0.4) is 0 Å². The number of benzene rings is 10. The number of aliphatic hydroxyl groups excluding tert-OH is 1. The SMILES string of the molecule is C.Cl.[C-]#[N+]c1ccc(Oc2ccc3c(c2)COB3C)c(OCCN(C)C)c1.[C-]#[N+]c1ccc(Oc2ccc3c(c2)COB3C)c(OCc2ccccn2)c1.[C-]#[N+]c1ccc(Oc2ccc3c(c2)COB3C)cc1C.[C-]#[N+]c1ccc(Oc2ccc3c(c2)COB3C)cc1C.[C-]#[N+]c1ccc(Oc2ccc3c(c2)COB3C)nc1C(=O)OCC.[C-]#[N+]c1ccc(Oc2ccc3c(c2)COB3C)nc1CO. The number of halogens is 1. The summed E-state index contributed by atoms with van der Waals surface area (Å²) in [7, 11) is 3.98. The Labute approximate surface area is 819 Å². The lowest BCUT2D eigenvalue weighted by molar-refractivity contribution is 0.0520. The summed E-state index contributed by atoms with van der Waals surface area (Å²) in [5.74, 6) is 8.05. The largest absolute Gasteiger partial charge is 0.490 e. The fourth-order valence-corrected chi connectivity index (χ4v) is 15.4. The molecule has 0 radical (unpaired) electrons. The molecule has 0 aliphatic carbocycles. The minimum Gasteiger partial charge on any atom is -0.490 e. The Balaban J connectivity index is 0.000000149. The molecule has 0 atom stereocenters. The van der Waals surface area contributed by atoms with Gasteiger partial charge in [0, 0.05) is 12.7 Å². The highest BCUT2D eigenvalue weighted by Crippen LogP contribution is 2.40. The van der Waals surface area contributed by atoms with Crippen molar-refractivity contribution < 1.29 is 80.5 Å². The zero-order valence-electron chi connectivity index (χ0n) is 78.0. The molecule has 0 unspecified atom stereocenters. The maximum absolute atomic E-state index is 11.9. The van der Waals surface area contributed by atoms with Gasteiger partial charge in [0.1, 0.15) is 59.2 Å². The summed E-state index contributed by atoms with van der Waals surface area (Å²) in [5.41, 5.74) is 19.8. The van der Waals surface area contributed by atoms with Gasteiger partial charge in [0.05, 0.1) is 104 Å². The van der Waals surface area contributed by atoms with Crippen LogP contribution in [0.15, 0.2) is 231 Å². The molecule has 34 heteroatoms. The second-order valence-electron chi connectivity index (χ2n) is 32.6. The fourth-order valence-electron chi connectivity index (χ4n) is 15.4. The van der Waals surface area contributed by atoms with Crippen molar-refractivity contribution >= 4 is 127 Å². The van der Waals surface area contributed by atoms with Crippen molar-refractivity contribution in [1.29, 1.82) is 0 Å². The summed E-state index contributed by atoms with van der Waals surface area (Å²) in [4.78, 5) is 46.9. The van der Waals surface area contributed by atoms with Crippen LogP contribution in [0.1, 0.15) is 80.7 Å². The zero-order valence-corrected chi connectivity index (χ0v) is 78.9. The Bertz CT molecular complexity index is 6750. The Kier molecular flexibility index (Phi) is 36.2. The smallest absolute Gasteiger partial charge is 0.346 e. The van der Waals surface area contributed by atoms with Gasteiger partial charge in [0.25, 0.3) is 0 Å². The number of aromatic nitrogens is 3. The second-order valence-corrected chi connectivity index (χ2v) is 32.6. The van der Waals surface area contributed by atoms with Gasteiger partial charge in [-0.1, -0.05) is 115 Å². The van der Waals surface area contributed by atoms with Crippen molar-refractivity contribution in [3.05, 3.63) is 361 Å². The van der Waals surface area contributed by atoms with Gasteiger partial charge in [-0.2, -0.15) is 0 Å². The predicted octanol–water partition coefficient (Wildman–Crippen LogP) is 21.4. The molecular formula is C105H99B6ClN10O17. The van der Waals surface area contributed by atoms with Crippen molar-refractivity contribution in [2.45, 2.75) is 122 Å². The summed E-state index contributed by atoms with van der Waals surface area (Å²) in [6, 6.07) is 68.8. The molecule has 3 aromatic heterocycles. The number of nitrogens with zero attached hydrogens (tertiary/aromatic N) is 10. The molecular weight excluding hydrogens is 1770 g/mol. The van der Waals surface area contributed by atoms with Gasteiger partial charge in [0.15, 0.2) is 51.4 Å². The first-order chi connectivity index (χ1) is 66.5. The van der Waals surface area contributed by atoms with E-state index in [4.69, 9.17) is 110 Å². The van der Waals surface area contributed by atoms with Crippen LogP contribution in [0.2, 0.25) is 40.9 Å². The molecule has 0 saturated carbocycles. The van der Waals surface area contributed by atoms with E-state index in [-0.39, 0.29) is 91.8 Å². The predicted molar refractivity (Wildman–Crippen MR) is 545 cm³/mol. The Hall–Kier alpha value is -15.2. The van der Waals surface area contributed by atoms with Crippen molar-refractivity contribution in [3.63, 3.8) is 0 Å². The fraction of sp³-hybridized carbons (Fsp3) is 0.219. The van der Waals surface area contributed by atoms with E-state index < -0.39 is 5.97 Å². The second kappa shape index (κ2) is 49.0. The molecule has 139 heavy (non-hydrogen) atoms. The molecule has 27 nitrogen and oxygen atoms in total. The number of aryl methyl sites for hydroxylation is 2. The zero-order chi connectivity index (χ0) is 96.6. The van der Waals surface area contributed by atoms with E-state index in [0.29, 0.717) is 133 Å². The number of likely N-dealkylation sites (N-methyl/N-ethyl adjacent to an activating group) is 1. The standard InChI is InChI=1S/C21H17BN2O3.C19H21BN2O3.C17H15BN2O4.2C16H14BNO2.C15H13BN2O3.CH4.ClH/c1-22-19-8-7-18(11-15(19)13-26-22)27-20-9-6-16(23-2)12-21(20)25-14-17-5-3-4-10-24-17;1-20-17-7-6-16(11-14(17)13-24-20)25-18-8-5-15(21-2)12-19(18)23-10-9-22(3)4;1-4-22-17(21)16-14(19-3)7-8-15(20-16)24-12-5-6-13-11(9-12)10-23-18(13)2;2*1-11-8-13(5-7-16(11)18-3)20-14-4-6-15-12(9-14)10-19-17(15)2;1-16-12-4-3-11(7-10(12)9-20-16)21-15-6-5-13(17-2)14(8-19)18-15;;/h3-12H,13-14H2,1H3;5-8,11-12H,9-10,13H2,1,3-4H3;5-9H,4,10H2,1-2H3;2*4-9H,10H2,1-2H3;3-7,19H,8-9H2,1H3;1H4;1H. The van der Waals surface area contributed by atoms with Gasteiger partial charge in [0.2, 0.25) is 23.1 Å². The van der Waals surface area contributed by atoms with Gasteiger partial charge >= 0.3 is 47.5 Å². The monoisotopic (exact) mass is 1870 g/mol. The van der Waals surface area contributed by atoms with Gasteiger partial charge in [-0.05, 0) is 270 Å². The first kappa shape index (κ1) is 103. The maximum atomic E-state index is 11.9. The third-order valence-corrected chi connectivity index (χ3v) is 22.8. The van der Waals surface area contributed by atoms with Crippen LogP contribution in [-0.2, 0) is 85.5 Å². The molecule has 0 spiro atoms. The molecule has 1 N–H and O–H groups in total. The van der Waals surface area contributed by atoms with Crippen LogP contribution >= 0.6 is 12.4 Å². The van der Waals surface area contributed by atoms with Crippen molar-refractivity contribution in [2.75, 3.05) is 33.9 Å². The molecule has 0 saturated heterocycles. The molecule has 10 aromatic carbocycles. The lowest BCUT2D eigenvalue weighted by atomic mass is 9.64. The first-order valence-electron chi connectivity index (χ1n) is 44.3. The molecule has 9 heterocycles. The maximum Gasteiger partial charge on any atom is 0.346 e. The number of ether oxygens (including phenoxy) is 9. The van der Waals surface area contributed by atoms with Crippen molar-refractivity contribution in [1.82, 2.24) is 19.9 Å². The van der Waals surface area contributed by atoms with Gasteiger partial charge in [-0.25, -0.2) is 43.8 Å². The number of pyridine rings is 3. The molecule has 13 aromatic rings. The minimum atomic E-state index is -0.634. The van der Waals surface area contributed by atoms with Gasteiger partial charge in [-0.15, -0.1) is 12.4 Å². The van der Waals surface area contributed by atoms with E-state index in [1.165, 1.54) is 44.5 Å². The van der Waals surface area contributed by atoms with E-state index in [9.17, 15) is 9.90 Å². The van der Waals surface area contributed by atoms with E-state index in [0.717, 1.165) is 79.8 Å². The van der Waals surface area contributed by atoms with Crippen molar-refractivity contribution in [2.24, 2.45) is 0 Å². The summed E-state index contributed by atoms with van der Waals surface area (Å²) in [5, 5.41) is 9.22. The number of rotatable bonds is 22. The van der Waals surface area contributed by atoms with Crippen LogP contribution in [0.4, 0.5) is 34.1 Å². The molecule has 696 valence electrons. The number of esters is 1. The van der Waals surface area contributed by atoms with Crippen molar-refractivity contribution in [3.8, 4) is 80.8 Å². The molecule has 19 rings (SSSR count). The number of hydrogen-bond acceptors (Lipinski definition) is 21. The van der Waals surface area contributed by atoms with Crippen LogP contribution < -0.4 is 70.7 Å². The molecule has 6 aliphatic rings. The molecule has 0 bridgehead atoms. The lowest BCUT2D eigenvalue weighted by Crippen LogP contribution is -2.23. The highest BCUT2D eigenvalue weighted by atomic mass is 35.5. The average Bonchev–Trinajstić information content (AvgIpc) is 1.67. The van der Waals surface area contributed by atoms with E-state index >= 15 is 0 Å². The third kappa shape index (κ3) is 26.8. The normalized spacial score (nSPS) is 12.5. The van der Waals surface area contributed by atoms with Crippen LogP contribution in [0, 0.1) is 53.3 Å². The van der Waals surface area contributed by atoms with Crippen LogP contribution in [0.25, 0.3) is 29.1 Å². The van der Waals surface area contributed by atoms with Gasteiger partial charge in [-0.3, -0.25) is 4.98 Å². The topological polar surface area (TPSA) is 244 Å². The Morgan fingerprint density at radius 1 is 0.396 bits per heavy atom. The summed E-state index contributed by atoms with van der Waals surface area (Å²) >= 11 is 0. The van der Waals surface area contributed by atoms with Gasteiger partial charge < -0.3 is 80.6 Å². The van der Waals surface area contributed by atoms with Crippen LogP contribution in [-0.4, -0.2) is 106 Å². The lowest BCUT2D eigenvalue weighted by Gasteiger charge is -2.15. The summed E-state index contributed by atoms with van der Waals surface area (Å²) < 4.78 is 85.5. The quantitative estimate of drug-likeness (QED) is 0.0376. The molecule has 0 fully saturated rings.